The number of esters is 1. The van der Waals surface area contributed by atoms with Crippen LogP contribution < -0.4 is 0 Å². The van der Waals surface area contributed by atoms with Crippen LogP contribution in [0.25, 0.3) is 5.57 Å². The summed E-state index contributed by atoms with van der Waals surface area (Å²) in [5.41, 5.74) is 3.26. The lowest BCUT2D eigenvalue weighted by Crippen LogP contribution is -2.19. The van der Waals surface area contributed by atoms with E-state index in [1.165, 1.54) is 7.11 Å². The van der Waals surface area contributed by atoms with E-state index in [2.05, 4.69) is 9.72 Å². The first-order chi connectivity index (χ1) is 7.79. The predicted octanol–water partition coefficient (Wildman–Crippen LogP) is 1.41. The van der Waals surface area contributed by atoms with E-state index < -0.39 is 6.10 Å². The average molecular weight is 217 g/mol. The third-order valence-electron chi connectivity index (χ3n) is 2.89. The molecule has 4 nitrogen and oxygen atoms in total. The van der Waals surface area contributed by atoms with Crippen LogP contribution in [0, 0.1) is 0 Å². The standard InChI is InChI=1S/C12H11NO3/c1-15-12(14)11-6-8-7-4-5-13-9(7)2-3-10(8)16-11/h3-6,11,13H,2H2,1H3. The zero-order valence-electron chi connectivity index (χ0n) is 8.82. The second kappa shape index (κ2) is 3.27. The number of rotatable bonds is 1. The van der Waals surface area contributed by atoms with Crippen molar-refractivity contribution < 1.29 is 14.3 Å². The van der Waals surface area contributed by atoms with Crippen molar-refractivity contribution in [2.24, 2.45) is 0 Å². The van der Waals surface area contributed by atoms with Crippen LogP contribution in [0.4, 0.5) is 0 Å². The second-order valence-corrected chi connectivity index (χ2v) is 3.78. The van der Waals surface area contributed by atoms with Gasteiger partial charge in [0.15, 0.2) is 0 Å². The normalized spacial score (nSPS) is 21.4. The lowest BCUT2D eigenvalue weighted by atomic mass is 9.97. The Morgan fingerprint density at radius 3 is 3.31 bits per heavy atom. The fourth-order valence-corrected chi connectivity index (χ4v) is 2.10. The molecule has 1 N–H and O–H groups in total. The van der Waals surface area contributed by atoms with Gasteiger partial charge in [-0.05, 0) is 18.2 Å². The van der Waals surface area contributed by atoms with Gasteiger partial charge in [-0.2, -0.15) is 0 Å². The van der Waals surface area contributed by atoms with Gasteiger partial charge in [0.1, 0.15) is 5.76 Å². The zero-order valence-corrected chi connectivity index (χ0v) is 8.82. The third kappa shape index (κ3) is 1.19. The molecule has 3 rings (SSSR count). The van der Waals surface area contributed by atoms with E-state index in [1.54, 1.807) is 0 Å². The van der Waals surface area contributed by atoms with Crippen molar-refractivity contribution in [3.05, 3.63) is 41.4 Å². The zero-order chi connectivity index (χ0) is 11.1. The summed E-state index contributed by atoms with van der Waals surface area (Å²) in [4.78, 5) is 14.6. The SMILES string of the molecule is COC(=O)C1C=C2C(=CCc3[nH]ccc32)O1. The van der Waals surface area contributed by atoms with Crippen LogP contribution in [-0.4, -0.2) is 24.2 Å². The largest absolute Gasteiger partial charge is 0.474 e. The first-order valence-corrected chi connectivity index (χ1v) is 5.13. The Kier molecular flexibility index (Phi) is 1.89. The molecule has 1 aromatic rings. The molecule has 0 bridgehead atoms. The summed E-state index contributed by atoms with van der Waals surface area (Å²) < 4.78 is 10.2. The molecule has 0 saturated carbocycles. The number of methoxy groups -OCH3 is 1. The van der Waals surface area contributed by atoms with Gasteiger partial charge in [-0.25, -0.2) is 4.79 Å². The van der Waals surface area contributed by atoms with E-state index in [-0.39, 0.29) is 5.97 Å². The number of aromatic nitrogens is 1. The minimum atomic E-state index is -0.605. The Labute approximate surface area is 92.6 Å². The highest BCUT2D eigenvalue weighted by atomic mass is 16.6. The van der Waals surface area contributed by atoms with Gasteiger partial charge in [0, 0.05) is 29.4 Å². The maximum atomic E-state index is 11.4. The number of hydrogen-bond acceptors (Lipinski definition) is 3. The number of allylic oxidation sites excluding steroid dienone is 2. The number of aromatic amines is 1. The highest BCUT2D eigenvalue weighted by molar-refractivity contribution is 5.89. The van der Waals surface area contributed by atoms with Crippen molar-refractivity contribution in [2.45, 2.75) is 12.5 Å². The van der Waals surface area contributed by atoms with Gasteiger partial charge in [0.25, 0.3) is 0 Å². The fourth-order valence-electron chi connectivity index (χ4n) is 2.10. The van der Waals surface area contributed by atoms with Gasteiger partial charge in [-0.1, -0.05) is 0 Å². The first-order valence-electron chi connectivity index (χ1n) is 5.13. The molecule has 0 amide bonds. The summed E-state index contributed by atoms with van der Waals surface area (Å²) in [5, 5.41) is 0. The van der Waals surface area contributed by atoms with E-state index in [4.69, 9.17) is 4.74 Å². The molecule has 4 heteroatoms. The summed E-state index contributed by atoms with van der Waals surface area (Å²) in [7, 11) is 1.36. The Morgan fingerprint density at radius 2 is 2.50 bits per heavy atom. The quantitative estimate of drug-likeness (QED) is 0.723. The molecule has 82 valence electrons. The van der Waals surface area contributed by atoms with Crippen molar-refractivity contribution in [1.29, 1.82) is 0 Å². The second-order valence-electron chi connectivity index (χ2n) is 3.78. The van der Waals surface area contributed by atoms with Crippen LogP contribution in [0.1, 0.15) is 11.3 Å². The molecule has 0 fully saturated rings. The predicted molar refractivity (Wildman–Crippen MR) is 57.4 cm³/mol. The Bertz CT molecular complexity index is 510. The minimum Gasteiger partial charge on any atom is -0.474 e. The summed E-state index contributed by atoms with van der Waals surface area (Å²) in [5.74, 6) is 0.419. The molecule has 16 heavy (non-hydrogen) atoms. The molecular formula is C12H11NO3. The van der Waals surface area contributed by atoms with Crippen LogP contribution in [0.5, 0.6) is 0 Å². The Balaban J connectivity index is 2.01. The molecule has 0 aromatic carbocycles. The number of ether oxygens (including phenoxy) is 2. The number of H-pyrrole nitrogens is 1. The Hall–Kier alpha value is -1.97. The lowest BCUT2D eigenvalue weighted by molar-refractivity contribution is -0.147. The molecule has 1 atom stereocenters. The monoisotopic (exact) mass is 217 g/mol. The van der Waals surface area contributed by atoms with Crippen molar-refractivity contribution in [2.75, 3.05) is 7.11 Å². The third-order valence-corrected chi connectivity index (χ3v) is 2.89. The van der Waals surface area contributed by atoms with Gasteiger partial charge < -0.3 is 14.5 Å². The number of nitrogens with one attached hydrogen (secondary N) is 1. The summed E-state index contributed by atoms with van der Waals surface area (Å²) in [6.45, 7) is 0. The minimum absolute atomic E-state index is 0.361. The molecule has 1 unspecified atom stereocenters. The summed E-state index contributed by atoms with van der Waals surface area (Å²) >= 11 is 0. The van der Waals surface area contributed by atoms with E-state index in [0.29, 0.717) is 0 Å². The van der Waals surface area contributed by atoms with Gasteiger partial charge in [-0.3, -0.25) is 0 Å². The number of carbonyl (C=O) groups excluding carboxylic acids is 1. The molecule has 0 radical (unpaired) electrons. The maximum absolute atomic E-state index is 11.4. The topological polar surface area (TPSA) is 51.3 Å². The molecule has 0 saturated heterocycles. The number of carbonyl (C=O) groups is 1. The van der Waals surface area contributed by atoms with Gasteiger partial charge >= 0.3 is 5.97 Å². The molecule has 0 spiro atoms. The summed E-state index contributed by atoms with van der Waals surface area (Å²) in [6, 6.07) is 2.00. The molecule has 1 aromatic heterocycles. The molecular weight excluding hydrogens is 206 g/mol. The maximum Gasteiger partial charge on any atom is 0.351 e. The smallest absolute Gasteiger partial charge is 0.351 e. The highest BCUT2D eigenvalue weighted by Gasteiger charge is 2.32. The van der Waals surface area contributed by atoms with Crippen LogP contribution in [0.2, 0.25) is 0 Å². The highest BCUT2D eigenvalue weighted by Crippen LogP contribution is 2.37. The number of fused-ring (bicyclic) bond motifs is 3. The van der Waals surface area contributed by atoms with Crippen LogP contribution >= 0.6 is 0 Å². The van der Waals surface area contributed by atoms with Crippen molar-refractivity contribution in [1.82, 2.24) is 4.98 Å². The summed E-state index contributed by atoms with van der Waals surface area (Å²) in [6.07, 6.45) is 5.89. The number of hydrogen-bond donors (Lipinski definition) is 1. The van der Waals surface area contributed by atoms with Crippen LogP contribution in [0.3, 0.4) is 0 Å². The molecule has 1 aliphatic heterocycles. The lowest BCUT2D eigenvalue weighted by Gasteiger charge is -2.12. The molecule has 2 heterocycles. The van der Waals surface area contributed by atoms with Gasteiger partial charge in [0.2, 0.25) is 6.10 Å². The van der Waals surface area contributed by atoms with E-state index in [9.17, 15) is 4.79 Å². The first kappa shape index (κ1) is 9.27. The fraction of sp³-hybridized carbons (Fsp3) is 0.250. The average Bonchev–Trinajstić information content (AvgIpc) is 2.92. The molecule has 1 aliphatic carbocycles. The van der Waals surface area contributed by atoms with Crippen molar-refractivity contribution >= 4 is 11.5 Å². The van der Waals surface area contributed by atoms with Crippen LogP contribution in [-0.2, 0) is 20.7 Å². The van der Waals surface area contributed by atoms with Gasteiger partial charge in [-0.15, -0.1) is 0 Å². The molecule has 2 aliphatic rings. The van der Waals surface area contributed by atoms with E-state index in [0.717, 1.165) is 29.0 Å². The van der Waals surface area contributed by atoms with Gasteiger partial charge in [0.05, 0.1) is 7.11 Å². The van der Waals surface area contributed by atoms with Crippen LogP contribution in [0.15, 0.2) is 30.2 Å². The van der Waals surface area contributed by atoms with Crippen molar-refractivity contribution in [3.8, 4) is 0 Å². The van der Waals surface area contributed by atoms with E-state index >= 15 is 0 Å². The van der Waals surface area contributed by atoms with E-state index in [1.807, 2.05) is 24.4 Å². The Morgan fingerprint density at radius 1 is 1.62 bits per heavy atom. The van der Waals surface area contributed by atoms with Crippen molar-refractivity contribution in [3.63, 3.8) is 0 Å².